The van der Waals surface area contributed by atoms with Crippen molar-refractivity contribution in [2.24, 2.45) is 5.92 Å². The lowest BCUT2D eigenvalue weighted by atomic mass is 9.94. The third-order valence-electron chi connectivity index (χ3n) is 6.59. The maximum absolute atomic E-state index is 14.1. The molecule has 0 aliphatic heterocycles. The van der Waals surface area contributed by atoms with Gasteiger partial charge in [-0.1, -0.05) is 90.6 Å². The van der Waals surface area contributed by atoms with Crippen molar-refractivity contribution in [3.05, 3.63) is 108 Å². The molecular weight excluding hydrogens is 511 g/mol. The van der Waals surface area contributed by atoms with E-state index in [4.69, 9.17) is 0 Å². The Balaban J connectivity index is 0.00000287. The number of allylic oxidation sites excluding steroid dienone is 4. The van der Waals surface area contributed by atoms with Gasteiger partial charge in [-0.25, -0.2) is 4.39 Å². The molecule has 3 rings (SSSR count). The number of aliphatic hydroxyl groups excluding tert-OH is 1. The predicted molar refractivity (Wildman–Crippen MR) is 171 cm³/mol. The molecule has 220 valence electrons. The standard InChI is InChI=1S/C34H41FN2O2.C2H6/c1-7-12-28(13-8-2)36-34(39)31-30(25-14-10-9-11-15-25)33(26-16-18-27(35)19-17-26)37(32(31)24(5)6)21-20-29(38)22-23(3)4;1-2/h7-19,23-24,29,38H,1,20-22H2,2-6H3,(H,36,39);1-2H3/b13-8-,28-12+;/t29-;/m1./s1. The van der Waals surface area contributed by atoms with Gasteiger partial charge in [0.1, 0.15) is 5.82 Å². The number of nitrogens with one attached hydrogen (secondary N) is 1. The van der Waals surface area contributed by atoms with E-state index in [1.807, 2.05) is 63.3 Å². The molecule has 41 heavy (non-hydrogen) atoms. The number of amides is 1. The molecule has 0 saturated carbocycles. The summed E-state index contributed by atoms with van der Waals surface area (Å²) in [6.45, 7) is 18.5. The Morgan fingerprint density at radius 1 is 1.02 bits per heavy atom. The fourth-order valence-electron chi connectivity index (χ4n) is 5.07. The Kier molecular flexibility index (Phi) is 13.5. The highest BCUT2D eigenvalue weighted by molar-refractivity contribution is 6.07. The van der Waals surface area contributed by atoms with Crippen molar-refractivity contribution in [3.8, 4) is 22.4 Å². The number of aliphatic hydroxyl groups is 1. The SMILES string of the molecule is C=C/C=C(\C=C/C)NC(=O)c1c(-c2ccccc2)c(-c2ccc(F)cc2)n(CC[C@@H](O)CC(C)C)c1C(C)C.CC. The number of carbonyl (C=O) groups is 1. The Morgan fingerprint density at radius 3 is 2.20 bits per heavy atom. The van der Waals surface area contributed by atoms with Crippen LogP contribution in [0.3, 0.4) is 0 Å². The Hall–Kier alpha value is -3.70. The van der Waals surface area contributed by atoms with Gasteiger partial charge in [-0.3, -0.25) is 4.79 Å². The lowest BCUT2D eigenvalue weighted by molar-refractivity contribution is 0.0966. The van der Waals surface area contributed by atoms with Crippen LogP contribution in [0, 0.1) is 11.7 Å². The zero-order valence-electron chi connectivity index (χ0n) is 25.7. The van der Waals surface area contributed by atoms with Crippen LogP contribution in [0.25, 0.3) is 22.4 Å². The number of carbonyl (C=O) groups excluding carboxylic acids is 1. The van der Waals surface area contributed by atoms with Crippen LogP contribution >= 0.6 is 0 Å². The molecule has 0 fully saturated rings. The second-order valence-electron chi connectivity index (χ2n) is 10.5. The van der Waals surface area contributed by atoms with E-state index >= 15 is 0 Å². The van der Waals surface area contributed by atoms with Crippen molar-refractivity contribution >= 4 is 5.91 Å². The summed E-state index contributed by atoms with van der Waals surface area (Å²) in [6, 6.07) is 16.2. The Bertz CT molecular complexity index is 1320. The largest absolute Gasteiger partial charge is 0.393 e. The van der Waals surface area contributed by atoms with Crippen LogP contribution in [-0.2, 0) is 6.54 Å². The molecule has 0 aliphatic carbocycles. The van der Waals surface area contributed by atoms with E-state index in [-0.39, 0.29) is 17.6 Å². The van der Waals surface area contributed by atoms with Gasteiger partial charge in [0.05, 0.1) is 17.4 Å². The number of hydrogen-bond acceptors (Lipinski definition) is 2. The summed E-state index contributed by atoms with van der Waals surface area (Å²) in [4.78, 5) is 14.1. The fraction of sp³-hybridized carbons (Fsp3) is 0.361. The zero-order valence-corrected chi connectivity index (χ0v) is 25.7. The first-order valence-corrected chi connectivity index (χ1v) is 14.7. The van der Waals surface area contributed by atoms with E-state index in [9.17, 15) is 14.3 Å². The van der Waals surface area contributed by atoms with Gasteiger partial charge in [-0.05, 0) is 79.1 Å². The zero-order chi connectivity index (χ0) is 30.5. The smallest absolute Gasteiger partial charge is 0.258 e. The summed E-state index contributed by atoms with van der Waals surface area (Å²) in [5.41, 5.74) is 5.42. The topological polar surface area (TPSA) is 54.3 Å². The molecule has 2 aromatic carbocycles. The number of hydrogen-bond donors (Lipinski definition) is 2. The molecule has 1 amide bonds. The highest BCUT2D eigenvalue weighted by Crippen LogP contribution is 2.42. The van der Waals surface area contributed by atoms with Gasteiger partial charge in [0.2, 0.25) is 0 Å². The minimum absolute atomic E-state index is 0.00166. The average molecular weight is 559 g/mol. The van der Waals surface area contributed by atoms with Gasteiger partial charge in [-0.15, -0.1) is 0 Å². The maximum atomic E-state index is 14.1. The molecule has 0 spiro atoms. The summed E-state index contributed by atoms with van der Waals surface area (Å²) < 4.78 is 16.2. The highest BCUT2D eigenvalue weighted by atomic mass is 19.1. The summed E-state index contributed by atoms with van der Waals surface area (Å²) in [7, 11) is 0. The highest BCUT2D eigenvalue weighted by Gasteiger charge is 2.30. The average Bonchev–Trinajstić information content (AvgIpc) is 3.29. The summed E-state index contributed by atoms with van der Waals surface area (Å²) in [5.74, 6) is -0.182. The predicted octanol–water partition coefficient (Wildman–Crippen LogP) is 9.28. The van der Waals surface area contributed by atoms with Crippen molar-refractivity contribution in [2.75, 3.05) is 0 Å². The van der Waals surface area contributed by atoms with Crippen LogP contribution in [0.2, 0.25) is 0 Å². The van der Waals surface area contributed by atoms with Gasteiger partial charge in [-0.2, -0.15) is 0 Å². The van der Waals surface area contributed by atoms with Crippen molar-refractivity contribution < 1.29 is 14.3 Å². The molecular formula is C36H47FN2O2. The van der Waals surface area contributed by atoms with Gasteiger partial charge in [0.15, 0.2) is 0 Å². The molecule has 0 saturated heterocycles. The van der Waals surface area contributed by atoms with Crippen molar-refractivity contribution in [1.29, 1.82) is 0 Å². The summed E-state index contributed by atoms with van der Waals surface area (Å²) in [5, 5.41) is 13.9. The quantitative estimate of drug-likeness (QED) is 0.218. The molecule has 3 aromatic rings. The molecule has 1 atom stereocenters. The number of nitrogens with zero attached hydrogens (tertiary/aromatic N) is 1. The van der Waals surface area contributed by atoms with Crippen molar-refractivity contribution in [3.63, 3.8) is 0 Å². The van der Waals surface area contributed by atoms with E-state index in [0.717, 1.165) is 28.1 Å². The van der Waals surface area contributed by atoms with Crippen LogP contribution in [0.15, 0.2) is 91.2 Å². The molecule has 1 aromatic heterocycles. The molecule has 4 nitrogen and oxygen atoms in total. The van der Waals surface area contributed by atoms with E-state index < -0.39 is 6.10 Å². The molecule has 2 N–H and O–H groups in total. The minimum atomic E-state index is -0.470. The third kappa shape index (κ3) is 8.89. The van der Waals surface area contributed by atoms with Crippen LogP contribution in [-0.4, -0.2) is 21.7 Å². The van der Waals surface area contributed by atoms with E-state index in [0.29, 0.717) is 36.6 Å². The fourth-order valence-corrected chi connectivity index (χ4v) is 5.07. The lowest BCUT2D eigenvalue weighted by Crippen LogP contribution is -2.24. The second-order valence-corrected chi connectivity index (χ2v) is 10.5. The van der Waals surface area contributed by atoms with Crippen LogP contribution in [0.4, 0.5) is 4.39 Å². The van der Waals surface area contributed by atoms with E-state index in [2.05, 4.69) is 44.2 Å². The van der Waals surface area contributed by atoms with E-state index in [1.165, 1.54) is 12.1 Å². The van der Waals surface area contributed by atoms with Gasteiger partial charge in [0.25, 0.3) is 5.91 Å². The van der Waals surface area contributed by atoms with Crippen LogP contribution in [0.1, 0.15) is 83.3 Å². The molecule has 0 radical (unpaired) electrons. The third-order valence-corrected chi connectivity index (χ3v) is 6.59. The number of benzene rings is 2. The van der Waals surface area contributed by atoms with Crippen LogP contribution < -0.4 is 5.32 Å². The maximum Gasteiger partial charge on any atom is 0.258 e. The number of halogens is 1. The van der Waals surface area contributed by atoms with Crippen molar-refractivity contribution in [2.45, 2.75) is 79.9 Å². The Labute approximate surface area is 246 Å². The van der Waals surface area contributed by atoms with Gasteiger partial charge < -0.3 is 15.0 Å². The first-order chi connectivity index (χ1) is 19.7. The van der Waals surface area contributed by atoms with Crippen LogP contribution in [0.5, 0.6) is 0 Å². The molecule has 1 heterocycles. The Morgan fingerprint density at radius 2 is 1.66 bits per heavy atom. The second kappa shape index (κ2) is 16.5. The van der Waals surface area contributed by atoms with Gasteiger partial charge >= 0.3 is 0 Å². The van der Waals surface area contributed by atoms with Gasteiger partial charge in [0, 0.05) is 23.5 Å². The van der Waals surface area contributed by atoms with E-state index in [1.54, 1.807) is 24.3 Å². The molecule has 5 heteroatoms. The molecule has 0 unspecified atom stereocenters. The lowest BCUT2D eigenvalue weighted by Gasteiger charge is -2.20. The summed E-state index contributed by atoms with van der Waals surface area (Å²) in [6.07, 6.45) is 7.86. The molecule has 0 bridgehead atoms. The molecule has 0 aliphatic rings. The first-order valence-electron chi connectivity index (χ1n) is 14.7. The normalized spacial score (nSPS) is 12.4. The van der Waals surface area contributed by atoms with Crippen molar-refractivity contribution in [1.82, 2.24) is 9.88 Å². The number of aromatic nitrogens is 1. The minimum Gasteiger partial charge on any atom is -0.393 e. The first kappa shape index (κ1) is 33.5. The number of rotatable bonds is 12. The summed E-state index contributed by atoms with van der Waals surface area (Å²) >= 11 is 0. The monoisotopic (exact) mass is 558 g/mol.